The Bertz CT molecular complexity index is 312. The molecule has 6 heteroatoms. The molecular weight excluding hydrogens is 210 g/mol. The lowest BCUT2D eigenvalue weighted by atomic mass is 10.1. The van der Waals surface area contributed by atoms with E-state index in [1.54, 1.807) is 6.92 Å². The normalized spacial score (nSPS) is 22.9. The quantitative estimate of drug-likeness (QED) is 0.245. The molecule has 1 rings (SSSR count). The number of aliphatic hydroxyl groups is 1. The highest BCUT2D eigenvalue weighted by Gasteiger charge is 2.41. The van der Waals surface area contributed by atoms with Crippen LogP contribution < -0.4 is 0 Å². The number of likely N-dealkylation sites (tertiary alicyclic amines) is 1. The van der Waals surface area contributed by atoms with E-state index in [4.69, 9.17) is 16.7 Å². The van der Waals surface area contributed by atoms with E-state index in [2.05, 4.69) is 0 Å². The van der Waals surface area contributed by atoms with Crippen LogP contribution in [0.4, 0.5) is 0 Å². The van der Waals surface area contributed by atoms with Crippen LogP contribution in [0.15, 0.2) is 11.5 Å². The first-order chi connectivity index (χ1) is 6.49. The number of β-lactam (4-membered cyclic amide) rings is 1. The average Bonchev–Trinajstić information content (AvgIpc) is 2.12. The number of carbonyl (C=O) groups excluding carboxylic acids is 1. The standard InChI is InChI=1S/C8H10ClNO4/c1-2-4(11)7(8(13)14)10-5(9)3-6(10)12/h5,11H,2-3H2,1H3,(H,13,14). The van der Waals surface area contributed by atoms with Crippen LogP contribution in [0.3, 0.4) is 0 Å². The molecular formula is C8H10ClNO4. The number of halogens is 1. The fourth-order valence-electron chi connectivity index (χ4n) is 1.18. The Morgan fingerprint density at radius 1 is 1.64 bits per heavy atom. The number of nitrogens with zero attached hydrogens (tertiary/aromatic N) is 1. The first-order valence-corrected chi connectivity index (χ1v) is 4.54. The minimum absolute atomic E-state index is 0.106. The lowest BCUT2D eigenvalue weighted by Crippen LogP contribution is -2.50. The summed E-state index contributed by atoms with van der Waals surface area (Å²) in [5.74, 6) is -2.07. The van der Waals surface area contributed by atoms with Gasteiger partial charge in [-0.1, -0.05) is 18.5 Å². The van der Waals surface area contributed by atoms with Gasteiger partial charge < -0.3 is 10.2 Å². The topological polar surface area (TPSA) is 77.8 Å². The number of carboxylic acids is 1. The van der Waals surface area contributed by atoms with Crippen molar-refractivity contribution < 1.29 is 19.8 Å². The lowest BCUT2D eigenvalue weighted by Gasteiger charge is -2.36. The molecule has 1 unspecified atom stereocenters. The summed E-state index contributed by atoms with van der Waals surface area (Å²) >= 11 is 5.65. The monoisotopic (exact) mass is 219 g/mol. The van der Waals surface area contributed by atoms with Gasteiger partial charge in [-0.2, -0.15) is 0 Å². The predicted octanol–water partition coefficient (Wildman–Crippen LogP) is 1.05. The second kappa shape index (κ2) is 3.88. The van der Waals surface area contributed by atoms with Crippen molar-refractivity contribution in [3.8, 4) is 0 Å². The van der Waals surface area contributed by atoms with Gasteiger partial charge in [-0.25, -0.2) is 4.79 Å². The SMILES string of the molecule is CCC(O)=C(C(=O)O)N1C(=O)CC1Cl. The second-order valence-electron chi connectivity index (χ2n) is 2.86. The van der Waals surface area contributed by atoms with Crippen LogP contribution in [0, 0.1) is 0 Å². The number of amides is 1. The number of carbonyl (C=O) groups is 2. The van der Waals surface area contributed by atoms with Crippen LogP contribution in [-0.4, -0.2) is 32.5 Å². The highest BCUT2D eigenvalue weighted by atomic mass is 35.5. The van der Waals surface area contributed by atoms with E-state index in [0.717, 1.165) is 4.90 Å². The van der Waals surface area contributed by atoms with Gasteiger partial charge in [-0.3, -0.25) is 9.69 Å². The number of carboxylic acid groups (broad SMARTS) is 1. The zero-order chi connectivity index (χ0) is 10.9. The van der Waals surface area contributed by atoms with E-state index >= 15 is 0 Å². The van der Waals surface area contributed by atoms with E-state index in [9.17, 15) is 14.7 Å². The highest BCUT2D eigenvalue weighted by molar-refractivity contribution is 6.25. The van der Waals surface area contributed by atoms with Crippen LogP contribution in [0.1, 0.15) is 19.8 Å². The molecule has 1 heterocycles. The van der Waals surface area contributed by atoms with Crippen LogP contribution >= 0.6 is 11.6 Å². The molecule has 0 radical (unpaired) electrons. The number of aliphatic hydroxyl groups excluding tert-OH is 1. The lowest BCUT2D eigenvalue weighted by molar-refractivity contribution is -0.146. The van der Waals surface area contributed by atoms with Gasteiger partial charge in [0.1, 0.15) is 11.3 Å². The summed E-state index contributed by atoms with van der Waals surface area (Å²) in [6.45, 7) is 1.59. The molecule has 0 aromatic carbocycles. The average molecular weight is 220 g/mol. The molecule has 14 heavy (non-hydrogen) atoms. The van der Waals surface area contributed by atoms with Crippen LogP contribution in [-0.2, 0) is 9.59 Å². The van der Waals surface area contributed by atoms with Crippen molar-refractivity contribution in [3.63, 3.8) is 0 Å². The van der Waals surface area contributed by atoms with Gasteiger partial charge in [0, 0.05) is 6.42 Å². The molecule has 5 nitrogen and oxygen atoms in total. The van der Waals surface area contributed by atoms with Gasteiger partial charge >= 0.3 is 5.97 Å². The van der Waals surface area contributed by atoms with Crippen molar-refractivity contribution in [2.45, 2.75) is 25.3 Å². The van der Waals surface area contributed by atoms with Crippen LogP contribution in [0.2, 0.25) is 0 Å². The van der Waals surface area contributed by atoms with Crippen LogP contribution in [0.25, 0.3) is 0 Å². The second-order valence-corrected chi connectivity index (χ2v) is 3.36. The van der Waals surface area contributed by atoms with E-state index in [0.29, 0.717) is 0 Å². The van der Waals surface area contributed by atoms with Crippen molar-refractivity contribution in [3.05, 3.63) is 11.5 Å². The maximum atomic E-state index is 11.0. The van der Waals surface area contributed by atoms with Crippen molar-refractivity contribution in [1.82, 2.24) is 4.90 Å². The molecule has 0 bridgehead atoms. The molecule has 1 atom stereocenters. The third kappa shape index (κ3) is 1.68. The van der Waals surface area contributed by atoms with Gasteiger partial charge in [0.15, 0.2) is 5.70 Å². The molecule has 1 aliphatic heterocycles. The Labute approximate surface area is 85.6 Å². The third-order valence-corrected chi connectivity index (χ3v) is 2.29. The Morgan fingerprint density at radius 2 is 2.21 bits per heavy atom. The number of hydrogen-bond donors (Lipinski definition) is 2. The van der Waals surface area contributed by atoms with E-state index in [1.807, 2.05) is 0 Å². The van der Waals surface area contributed by atoms with E-state index in [1.165, 1.54) is 0 Å². The first-order valence-electron chi connectivity index (χ1n) is 4.10. The van der Waals surface area contributed by atoms with Crippen LogP contribution in [0.5, 0.6) is 0 Å². The molecule has 78 valence electrons. The summed E-state index contributed by atoms with van der Waals surface area (Å²) in [7, 11) is 0. The van der Waals surface area contributed by atoms with Crippen molar-refractivity contribution in [2.75, 3.05) is 0 Å². The number of rotatable bonds is 3. The molecule has 0 aliphatic carbocycles. The maximum Gasteiger partial charge on any atom is 0.356 e. The minimum atomic E-state index is -1.34. The Balaban J connectivity index is 3.00. The summed E-state index contributed by atoms with van der Waals surface area (Å²) in [6, 6.07) is 0. The number of allylic oxidation sites excluding steroid dienone is 1. The molecule has 1 aliphatic rings. The predicted molar refractivity (Wildman–Crippen MR) is 48.7 cm³/mol. The summed E-state index contributed by atoms with van der Waals surface area (Å²) in [5.41, 5.74) is -1.08. The summed E-state index contributed by atoms with van der Waals surface area (Å²) in [6.07, 6.45) is 0.254. The summed E-state index contributed by atoms with van der Waals surface area (Å²) < 4.78 is 0. The maximum absolute atomic E-state index is 11.0. The van der Waals surface area contributed by atoms with E-state index < -0.39 is 17.2 Å². The Hall–Kier alpha value is -1.23. The van der Waals surface area contributed by atoms with Gasteiger partial charge in [0.2, 0.25) is 5.91 Å². The fraction of sp³-hybridized carbons (Fsp3) is 0.500. The van der Waals surface area contributed by atoms with Crippen molar-refractivity contribution in [1.29, 1.82) is 0 Å². The minimum Gasteiger partial charge on any atom is -0.510 e. The third-order valence-electron chi connectivity index (χ3n) is 1.94. The number of aliphatic carboxylic acids is 1. The van der Waals surface area contributed by atoms with Crippen molar-refractivity contribution >= 4 is 23.5 Å². The molecule has 0 aromatic heterocycles. The van der Waals surface area contributed by atoms with Gasteiger partial charge in [0.05, 0.1) is 6.42 Å². The summed E-state index contributed by atoms with van der Waals surface area (Å²) in [5, 5.41) is 18.1. The Kier molecular flexibility index (Phi) is 3.00. The van der Waals surface area contributed by atoms with Gasteiger partial charge in [-0.15, -0.1) is 0 Å². The molecule has 1 saturated heterocycles. The first kappa shape index (κ1) is 10.8. The number of hydrogen-bond acceptors (Lipinski definition) is 3. The zero-order valence-electron chi connectivity index (χ0n) is 7.53. The van der Waals surface area contributed by atoms with Gasteiger partial charge in [0.25, 0.3) is 0 Å². The molecule has 1 fully saturated rings. The zero-order valence-corrected chi connectivity index (χ0v) is 8.28. The molecule has 1 amide bonds. The molecule has 2 N–H and O–H groups in total. The van der Waals surface area contributed by atoms with E-state index in [-0.39, 0.29) is 24.5 Å². The fourth-order valence-corrected chi connectivity index (χ4v) is 1.51. The smallest absolute Gasteiger partial charge is 0.356 e. The molecule has 0 aromatic rings. The van der Waals surface area contributed by atoms with Crippen molar-refractivity contribution in [2.24, 2.45) is 0 Å². The Morgan fingerprint density at radius 3 is 2.50 bits per heavy atom. The van der Waals surface area contributed by atoms with Gasteiger partial charge in [-0.05, 0) is 0 Å². The molecule has 0 spiro atoms. The summed E-state index contributed by atoms with van der Waals surface area (Å²) in [4.78, 5) is 22.7. The number of alkyl halides is 1. The largest absolute Gasteiger partial charge is 0.510 e. The highest BCUT2D eigenvalue weighted by Crippen LogP contribution is 2.29. The molecule has 0 saturated carbocycles.